The van der Waals surface area contributed by atoms with Gasteiger partial charge in [-0.15, -0.1) is 23.5 Å². The summed E-state index contributed by atoms with van der Waals surface area (Å²) in [5, 5.41) is 2.91. The van der Waals surface area contributed by atoms with Gasteiger partial charge in [0.2, 0.25) is 5.91 Å². The van der Waals surface area contributed by atoms with Gasteiger partial charge in [-0.25, -0.2) is 0 Å². The Labute approximate surface area is 169 Å². The van der Waals surface area contributed by atoms with E-state index in [1.165, 1.54) is 16.0 Å². The van der Waals surface area contributed by atoms with E-state index in [1.807, 2.05) is 55.1 Å². The third kappa shape index (κ3) is 6.49. The molecule has 3 rings (SSSR count). The second-order valence-corrected chi connectivity index (χ2v) is 8.60. The number of thioether (sulfide) groups is 2. The lowest BCUT2D eigenvalue weighted by atomic mass is 10.2. The fraction of sp³-hybridized carbons (Fsp3) is 0.174. The summed E-state index contributed by atoms with van der Waals surface area (Å²) in [4.78, 5) is 13.7. The van der Waals surface area contributed by atoms with Crippen LogP contribution in [-0.2, 0) is 16.3 Å². The highest BCUT2D eigenvalue weighted by atomic mass is 32.2. The molecule has 1 amide bonds. The van der Waals surface area contributed by atoms with E-state index in [0.717, 1.165) is 17.2 Å². The van der Waals surface area contributed by atoms with E-state index in [2.05, 4.69) is 53.8 Å². The number of benzene rings is 3. The zero-order chi connectivity index (χ0) is 18.9. The van der Waals surface area contributed by atoms with Gasteiger partial charge in [0.25, 0.3) is 0 Å². The second kappa shape index (κ2) is 10.2. The van der Waals surface area contributed by atoms with Crippen LogP contribution >= 0.6 is 23.5 Å². The molecule has 0 unspecified atom stereocenters. The molecule has 1 atom stereocenters. The predicted molar refractivity (Wildman–Crippen MR) is 118 cm³/mol. The van der Waals surface area contributed by atoms with Crippen molar-refractivity contribution in [1.82, 2.24) is 0 Å². The molecule has 0 aliphatic carbocycles. The predicted octanol–water partition coefficient (Wildman–Crippen LogP) is 6.24. The topological polar surface area (TPSA) is 29.1 Å². The largest absolute Gasteiger partial charge is 0.325 e. The van der Waals surface area contributed by atoms with E-state index in [1.54, 1.807) is 11.8 Å². The lowest BCUT2D eigenvalue weighted by molar-refractivity contribution is -0.115. The minimum absolute atomic E-state index is 0.0438. The summed E-state index contributed by atoms with van der Waals surface area (Å²) in [7, 11) is 0. The first kappa shape index (κ1) is 19.6. The fourth-order valence-corrected chi connectivity index (χ4v) is 4.20. The van der Waals surface area contributed by atoms with E-state index in [9.17, 15) is 4.79 Å². The number of amides is 1. The number of nitrogens with one attached hydrogen (secondary N) is 1. The number of anilines is 1. The molecule has 3 aromatic rings. The molecule has 0 heterocycles. The minimum atomic E-state index is -0.0986. The Balaban J connectivity index is 1.46. The van der Waals surface area contributed by atoms with Crippen molar-refractivity contribution in [3.8, 4) is 0 Å². The van der Waals surface area contributed by atoms with Crippen molar-refractivity contribution in [3.63, 3.8) is 0 Å². The third-order valence-electron chi connectivity index (χ3n) is 4.08. The molecule has 138 valence electrons. The van der Waals surface area contributed by atoms with Crippen molar-refractivity contribution < 1.29 is 4.79 Å². The first-order chi connectivity index (χ1) is 13.2. The maximum Gasteiger partial charge on any atom is 0.237 e. The zero-order valence-electron chi connectivity index (χ0n) is 15.3. The summed E-state index contributed by atoms with van der Waals surface area (Å²) in [5.41, 5.74) is 3.33. The van der Waals surface area contributed by atoms with E-state index < -0.39 is 0 Å². The lowest BCUT2D eigenvalue weighted by Gasteiger charge is -2.12. The number of hydrogen-bond donors (Lipinski definition) is 1. The summed E-state index contributed by atoms with van der Waals surface area (Å²) >= 11 is 3.46. The SMILES string of the molecule is C[C@H](SCc1ccccc1)C(=O)Nc1ccc(CSc2ccccc2)cc1. The van der Waals surface area contributed by atoms with Crippen LogP contribution < -0.4 is 5.32 Å². The van der Waals surface area contributed by atoms with Crippen molar-refractivity contribution in [2.24, 2.45) is 0 Å². The maximum absolute atomic E-state index is 12.4. The maximum atomic E-state index is 12.4. The fourth-order valence-electron chi connectivity index (χ4n) is 2.48. The van der Waals surface area contributed by atoms with Crippen LogP contribution in [0.15, 0.2) is 89.8 Å². The zero-order valence-corrected chi connectivity index (χ0v) is 16.9. The molecule has 1 N–H and O–H groups in total. The Morgan fingerprint density at radius 2 is 1.41 bits per heavy atom. The van der Waals surface area contributed by atoms with Gasteiger partial charge in [-0.1, -0.05) is 60.7 Å². The Hall–Kier alpha value is -2.17. The van der Waals surface area contributed by atoms with Crippen LogP contribution in [0.3, 0.4) is 0 Å². The Bertz CT molecular complexity index is 835. The molecule has 0 radical (unpaired) electrons. The first-order valence-electron chi connectivity index (χ1n) is 8.94. The number of carbonyl (C=O) groups is 1. The summed E-state index contributed by atoms with van der Waals surface area (Å²) in [6.07, 6.45) is 0. The van der Waals surface area contributed by atoms with Gasteiger partial charge in [-0.3, -0.25) is 4.79 Å². The van der Waals surface area contributed by atoms with Crippen LogP contribution in [-0.4, -0.2) is 11.2 Å². The van der Waals surface area contributed by atoms with Gasteiger partial charge >= 0.3 is 0 Å². The van der Waals surface area contributed by atoms with E-state index >= 15 is 0 Å². The van der Waals surface area contributed by atoms with E-state index in [-0.39, 0.29) is 11.2 Å². The molecule has 27 heavy (non-hydrogen) atoms. The summed E-state index contributed by atoms with van der Waals surface area (Å²) in [6, 6.07) is 28.7. The molecular formula is C23H23NOS2. The van der Waals surface area contributed by atoms with Crippen molar-refractivity contribution in [2.45, 2.75) is 28.6 Å². The average Bonchev–Trinajstić information content (AvgIpc) is 2.73. The van der Waals surface area contributed by atoms with Crippen LogP contribution in [0.1, 0.15) is 18.1 Å². The molecule has 0 saturated heterocycles. The smallest absolute Gasteiger partial charge is 0.237 e. The molecule has 0 bridgehead atoms. The Kier molecular flexibility index (Phi) is 7.43. The van der Waals surface area contributed by atoms with Crippen LogP contribution in [0.5, 0.6) is 0 Å². The number of rotatable bonds is 8. The molecule has 3 aromatic carbocycles. The monoisotopic (exact) mass is 393 g/mol. The van der Waals surface area contributed by atoms with Gasteiger partial charge in [-0.05, 0) is 42.3 Å². The van der Waals surface area contributed by atoms with Crippen LogP contribution in [0.25, 0.3) is 0 Å². The van der Waals surface area contributed by atoms with Gasteiger partial charge in [0.1, 0.15) is 0 Å². The number of carbonyl (C=O) groups excluding carboxylic acids is 1. The molecule has 0 saturated carbocycles. The third-order valence-corrected chi connectivity index (χ3v) is 6.38. The summed E-state index contributed by atoms with van der Waals surface area (Å²) in [5.74, 6) is 1.80. The molecule has 0 aliphatic heterocycles. The van der Waals surface area contributed by atoms with Gasteiger partial charge < -0.3 is 5.32 Å². The van der Waals surface area contributed by atoms with Crippen molar-refractivity contribution in [2.75, 3.05) is 5.32 Å². The molecule has 0 spiro atoms. The quantitative estimate of drug-likeness (QED) is 0.459. The molecule has 0 fully saturated rings. The standard InChI is InChI=1S/C23H23NOS2/c1-18(26-16-19-8-4-2-5-9-19)23(25)24-21-14-12-20(13-15-21)17-27-22-10-6-3-7-11-22/h2-15,18H,16-17H2,1H3,(H,24,25)/t18-/m0/s1. The highest BCUT2D eigenvalue weighted by Gasteiger charge is 2.13. The van der Waals surface area contributed by atoms with Crippen molar-refractivity contribution >= 4 is 35.1 Å². The van der Waals surface area contributed by atoms with Gasteiger partial charge in [-0.2, -0.15) is 0 Å². The number of hydrogen-bond acceptors (Lipinski definition) is 3. The van der Waals surface area contributed by atoms with Gasteiger partial charge in [0, 0.05) is 22.1 Å². The second-order valence-electron chi connectivity index (χ2n) is 6.23. The normalized spacial score (nSPS) is 11.7. The van der Waals surface area contributed by atoms with Crippen molar-refractivity contribution in [3.05, 3.63) is 96.1 Å². The molecule has 2 nitrogen and oxygen atoms in total. The van der Waals surface area contributed by atoms with Crippen LogP contribution in [0, 0.1) is 0 Å². The summed E-state index contributed by atoms with van der Waals surface area (Å²) < 4.78 is 0. The highest BCUT2D eigenvalue weighted by molar-refractivity contribution is 7.99. The highest BCUT2D eigenvalue weighted by Crippen LogP contribution is 2.24. The average molecular weight is 394 g/mol. The van der Waals surface area contributed by atoms with Crippen LogP contribution in [0.2, 0.25) is 0 Å². The molecule has 4 heteroatoms. The van der Waals surface area contributed by atoms with E-state index in [0.29, 0.717) is 0 Å². The lowest BCUT2D eigenvalue weighted by Crippen LogP contribution is -2.22. The first-order valence-corrected chi connectivity index (χ1v) is 11.0. The van der Waals surface area contributed by atoms with Gasteiger partial charge in [0.15, 0.2) is 0 Å². The molecule has 0 aliphatic rings. The van der Waals surface area contributed by atoms with Crippen LogP contribution in [0.4, 0.5) is 5.69 Å². The minimum Gasteiger partial charge on any atom is -0.325 e. The Morgan fingerprint density at radius 1 is 0.815 bits per heavy atom. The van der Waals surface area contributed by atoms with Crippen molar-refractivity contribution in [1.29, 1.82) is 0 Å². The van der Waals surface area contributed by atoms with E-state index in [4.69, 9.17) is 0 Å². The summed E-state index contributed by atoms with van der Waals surface area (Å²) in [6.45, 7) is 1.95. The molecule has 0 aromatic heterocycles. The Morgan fingerprint density at radius 3 is 2.07 bits per heavy atom. The van der Waals surface area contributed by atoms with Gasteiger partial charge in [0.05, 0.1) is 5.25 Å². The molecular weight excluding hydrogens is 370 g/mol.